The lowest BCUT2D eigenvalue weighted by Crippen LogP contribution is -2.43. The standard InChI is InChI=1S/C16H20N2O7/c1-9(19)17-12-7-11(5-6-14(12)25-10(2)20)8-13(15(21)23-3)18-16(22)24-4/h5-7,13H,8H2,1-4H3,(H,17,19)(H,18,22)/t13-/m0/s1. The van der Waals surface area contributed by atoms with Gasteiger partial charge in [0.05, 0.1) is 19.9 Å². The minimum Gasteiger partial charge on any atom is -0.467 e. The quantitative estimate of drug-likeness (QED) is 0.579. The number of methoxy groups -OCH3 is 2. The Hall–Kier alpha value is -3.10. The fraction of sp³-hybridized carbons (Fsp3) is 0.375. The Kier molecular flexibility index (Phi) is 7.39. The van der Waals surface area contributed by atoms with Crippen molar-refractivity contribution in [3.63, 3.8) is 0 Å². The highest BCUT2D eigenvalue weighted by molar-refractivity contribution is 5.91. The third-order valence-corrected chi connectivity index (χ3v) is 3.01. The van der Waals surface area contributed by atoms with Crippen LogP contribution in [0.2, 0.25) is 0 Å². The van der Waals surface area contributed by atoms with Crippen molar-refractivity contribution in [1.29, 1.82) is 0 Å². The molecule has 0 aromatic heterocycles. The van der Waals surface area contributed by atoms with Gasteiger partial charge < -0.3 is 24.8 Å². The van der Waals surface area contributed by atoms with Crippen molar-refractivity contribution in [2.24, 2.45) is 0 Å². The zero-order chi connectivity index (χ0) is 19.0. The van der Waals surface area contributed by atoms with Crippen LogP contribution in [0.15, 0.2) is 18.2 Å². The van der Waals surface area contributed by atoms with E-state index in [1.807, 2.05) is 0 Å². The lowest BCUT2D eigenvalue weighted by Gasteiger charge is -2.17. The van der Waals surface area contributed by atoms with Gasteiger partial charge in [0.2, 0.25) is 5.91 Å². The third-order valence-electron chi connectivity index (χ3n) is 3.01. The molecule has 1 aromatic rings. The lowest BCUT2D eigenvalue weighted by molar-refractivity contribution is -0.143. The summed E-state index contributed by atoms with van der Waals surface area (Å²) in [6.07, 6.45) is -0.705. The summed E-state index contributed by atoms with van der Waals surface area (Å²) in [4.78, 5) is 45.6. The summed E-state index contributed by atoms with van der Waals surface area (Å²) in [5.74, 6) is -1.39. The fourth-order valence-corrected chi connectivity index (χ4v) is 2.01. The summed E-state index contributed by atoms with van der Waals surface area (Å²) in [6.45, 7) is 2.54. The number of esters is 2. The van der Waals surface area contributed by atoms with Crippen LogP contribution in [0.3, 0.4) is 0 Å². The van der Waals surface area contributed by atoms with Crippen molar-refractivity contribution >= 4 is 29.6 Å². The second-order valence-corrected chi connectivity index (χ2v) is 5.02. The second-order valence-electron chi connectivity index (χ2n) is 5.02. The molecule has 0 heterocycles. The Morgan fingerprint density at radius 3 is 2.28 bits per heavy atom. The van der Waals surface area contributed by atoms with Gasteiger partial charge in [0.15, 0.2) is 5.75 Å². The van der Waals surface area contributed by atoms with Crippen molar-refractivity contribution in [2.75, 3.05) is 19.5 Å². The fourth-order valence-electron chi connectivity index (χ4n) is 2.01. The normalized spacial score (nSPS) is 11.0. The molecule has 0 saturated heterocycles. The summed E-state index contributed by atoms with van der Waals surface area (Å²) in [5, 5.41) is 4.91. The topological polar surface area (TPSA) is 120 Å². The SMILES string of the molecule is COC(=O)N[C@@H](Cc1ccc(OC(C)=O)c(NC(C)=O)c1)C(=O)OC. The van der Waals surface area contributed by atoms with Gasteiger partial charge in [-0.1, -0.05) is 6.07 Å². The summed E-state index contributed by atoms with van der Waals surface area (Å²) in [5.41, 5.74) is 0.855. The number of rotatable bonds is 6. The van der Waals surface area contributed by atoms with Crippen LogP contribution in [0.1, 0.15) is 19.4 Å². The van der Waals surface area contributed by atoms with E-state index < -0.39 is 24.1 Å². The molecule has 1 aromatic carbocycles. The Morgan fingerprint density at radius 2 is 1.76 bits per heavy atom. The van der Waals surface area contributed by atoms with E-state index in [0.717, 1.165) is 0 Å². The highest BCUT2D eigenvalue weighted by atomic mass is 16.5. The maximum atomic E-state index is 11.8. The second kappa shape index (κ2) is 9.26. The number of hydrogen-bond donors (Lipinski definition) is 2. The summed E-state index contributed by atoms with van der Waals surface area (Å²) in [7, 11) is 2.37. The van der Waals surface area contributed by atoms with Crippen molar-refractivity contribution in [3.05, 3.63) is 23.8 Å². The van der Waals surface area contributed by atoms with Gasteiger partial charge in [-0.3, -0.25) is 9.59 Å². The van der Waals surface area contributed by atoms with Gasteiger partial charge in [-0.15, -0.1) is 0 Å². The summed E-state index contributed by atoms with van der Waals surface area (Å²) < 4.78 is 14.2. The van der Waals surface area contributed by atoms with Crippen LogP contribution in [0.25, 0.3) is 0 Å². The Bertz CT molecular complexity index is 672. The molecule has 136 valence electrons. The first-order valence-electron chi connectivity index (χ1n) is 7.28. The zero-order valence-electron chi connectivity index (χ0n) is 14.4. The summed E-state index contributed by atoms with van der Waals surface area (Å²) >= 11 is 0. The number of benzene rings is 1. The van der Waals surface area contributed by atoms with Crippen LogP contribution in [0.4, 0.5) is 10.5 Å². The molecule has 9 nitrogen and oxygen atoms in total. The van der Waals surface area contributed by atoms with E-state index in [1.165, 1.54) is 40.2 Å². The van der Waals surface area contributed by atoms with Gasteiger partial charge >= 0.3 is 18.0 Å². The average molecular weight is 352 g/mol. The van der Waals surface area contributed by atoms with E-state index in [1.54, 1.807) is 6.07 Å². The third kappa shape index (κ3) is 6.50. The van der Waals surface area contributed by atoms with E-state index >= 15 is 0 Å². The van der Waals surface area contributed by atoms with Crippen LogP contribution in [-0.2, 0) is 30.3 Å². The van der Waals surface area contributed by atoms with Gasteiger partial charge in [-0.25, -0.2) is 9.59 Å². The first-order chi connectivity index (χ1) is 11.8. The number of nitrogens with one attached hydrogen (secondary N) is 2. The molecule has 0 fully saturated rings. The van der Waals surface area contributed by atoms with Gasteiger partial charge in [0.25, 0.3) is 0 Å². The largest absolute Gasteiger partial charge is 0.467 e. The first kappa shape index (κ1) is 19.9. The molecular formula is C16H20N2O7. The molecule has 2 amide bonds. The molecule has 0 unspecified atom stereocenters. The zero-order valence-corrected chi connectivity index (χ0v) is 14.4. The molecule has 9 heteroatoms. The van der Waals surface area contributed by atoms with Crippen LogP contribution in [-0.4, -0.2) is 44.2 Å². The van der Waals surface area contributed by atoms with Crippen molar-refractivity contribution in [3.8, 4) is 5.75 Å². The number of ether oxygens (including phenoxy) is 3. The molecule has 0 aliphatic rings. The van der Waals surface area contributed by atoms with E-state index in [-0.39, 0.29) is 23.8 Å². The van der Waals surface area contributed by atoms with Gasteiger partial charge in [-0.05, 0) is 17.7 Å². The smallest absolute Gasteiger partial charge is 0.407 e. The monoisotopic (exact) mass is 352 g/mol. The van der Waals surface area contributed by atoms with Gasteiger partial charge in [0.1, 0.15) is 6.04 Å². The number of carbonyl (C=O) groups is 4. The number of hydrogen-bond acceptors (Lipinski definition) is 7. The van der Waals surface area contributed by atoms with E-state index in [0.29, 0.717) is 5.56 Å². The average Bonchev–Trinajstić information content (AvgIpc) is 2.54. The molecule has 2 N–H and O–H groups in total. The molecule has 0 bridgehead atoms. The van der Waals surface area contributed by atoms with Crippen LogP contribution < -0.4 is 15.4 Å². The maximum Gasteiger partial charge on any atom is 0.407 e. The lowest BCUT2D eigenvalue weighted by atomic mass is 10.0. The highest BCUT2D eigenvalue weighted by Crippen LogP contribution is 2.26. The van der Waals surface area contributed by atoms with Crippen LogP contribution in [0.5, 0.6) is 5.75 Å². The van der Waals surface area contributed by atoms with Crippen molar-refractivity contribution in [2.45, 2.75) is 26.3 Å². The predicted octanol–water partition coefficient (Wildman–Crippen LogP) is 1.01. The molecule has 0 saturated carbocycles. The Labute approximate surface area is 144 Å². The van der Waals surface area contributed by atoms with E-state index in [9.17, 15) is 19.2 Å². The molecule has 0 aliphatic carbocycles. The van der Waals surface area contributed by atoms with E-state index in [4.69, 9.17) is 4.74 Å². The highest BCUT2D eigenvalue weighted by Gasteiger charge is 2.23. The van der Waals surface area contributed by atoms with E-state index in [2.05, 4.69) is 20.1 Å². The van der Waals surface area contributed by atoms with Crippen molar-refractivity contribution in [1.82, 2.24) is 5.32 Å². The summed E-state index contributed by atoms with van der Waals surface area (Å²) in [6, 6.07) is 3.63. The molecular weight excluding hydrogens is 332 g/mol. The molecule has 0 spiro atoms. The number of anilines is 1. The Morgan fingerprint density at radius 1 is 1.08 bits per heavy atom. The van der Waals surface area contributed by atoms with Crippen LogP contribution in [0, 0.1) is 0 Å². The molecule has 0 radical (unpaired) electrons. The minimum atomic E-state index is -0.984. The maximum absolute atomic E-state index is 11.8. The number of amides is 2. The number of alkyl carbamates (subject to hydrolysis) is 1. The number of carbonyl (C=O) groups excluding carboxylic acids is 4. The van der Waals surface area contributed by atoms with Gasteiger partial charge in [-0.2, -0.15) is 0 Å². The van der Waals surface area contributed by atoms with Gasteiger partial charge in [0, 0.05) is 20.3 Å². The first-order valence-corrected chi connectivity index (χ1v) is 7.28. The molecule has 1 rings (SSSR count). The van der Waals surface area contributed by atoms with Crippen molar-refractivity contribution < 1.29 is 33.4 Å². The minimum absolute atomic E-state index is 0.0781. The predicted molar refractivity (Wildman–Crippen MR) is 87.1 cm³/mol. The molecule has 0 aliphatic heterocycles. The molecule has 25 heavy (non-hydrogen) atoms. The van der Waals surface area contributed by atoms with Crippen LogP contribution >= 0.6 is 0 Å². The Balaban J connectivity index is 3.08. The molecule has 1 atom stereocenters.